The highest BCUT2D eigenvalue weighted by atomic mass is 35.5. The van der Waals surface area contributed by atoms with Crippen LogP contribution in [0, 0.1) is 0 Å². The number of amides is 1. The summed E-state index contributed by atoms with van der Waals surface area (Å²) in [6.45, 7) is 0. The van der Waals surface area contributed by atoms with E-state index >= 15 is 0 Å². The zero-order valence-electron chi connectivity index (χ0n) is 9.49. The van der Waals surface area contributed by atoms with Gasteiger partial charge in [0.25, 0.3) is 0 Å². The van der Waals surface area contributed by atoms with Crippen LogP contribution in [0.15, 0.2) is 48.5 Å². The fraction of sp³-hybridized carbons (Fsp3) is 0.0714. The molecule has 0 aliphatic heterocycles. The van der Waals surface area contributed by atoms with Gasteiger partial charge in [-0.25, -0.2) is 0 Å². The first kappa shape index (κ1) is 12.9. The maximum atomic E-state index is 11.9. The molecule has 0 aromatic heterocycles. The second kappa shape index (κ2) is 5.89. The molecule has 2 aromatic rings. The molecule has 2 rings (SSSR count). The van der Waals surface area contributed by atoms with E-state index in [1.807, 2.05) is 30.3 Å². The summed E-state index contributed by atoms with van der Waals surface area (Å²) in [6, 6.07) is 14.4. The van der Waals surface area contributed by atoms with Gasteiger partial charge in [-0.2, -0.15) is 0 Å². The molecule has 1 N–H and O–H groups in total. The van der Waals surface area contributed by atoms with Crippen LogP contribution in [-0.2, 0) is 11.2 Å². The predicted molar refractivity (Wildman–Crippen MR) is 75.2 cm³/mol. The Morgan fingerprint density at radius 1 is 0.944 bits per heavy atom. The molecule has 0 heterocycles. The Kier molecular flexibility index (Phi) is 4.24. The number of carbonyl (C=O) groups excluding carboxylic acids is 1. The van der Waals surface area contributed by atoms with Gasteiger partial charge in [0.05, 0.1) is 17.1 Å². The molecule has 0 fully saturated rings. The monoisotopic (exact) mass is 279 g/mol. The fourth-order valence-electron chi connectivity index (χ4n) is 1.57. The lowest BCUT2D eigenvalue weighted by Gasteiger charge is -2.07. The van der Waals surface area contributed by atoms with Gasteiger partial charge in [-0.1, -0.05) is 53.5 Å². The second-order valence-corrected chi connectivity index (χ2v) is 4.61. The van der Waals surface area contributed by atoms with Gasteiger partial charge in [-0.3, -0.25) is 4.79 Å². The number of nitrogens with one attached hydrogen (secondary N) is 1. The number of halogens is 2. The number of anilines is 1. The third kappa shape index (κ3) is 3.25. The molecule has 0 aliphatic carbocycles. The van der Waals surface area contributed by atoms with Crippen molar-refractivity contribution in [2.45, 2.75) is 6.42 Å². The lowest BCUT2D eigenvalue weighted by atomic mass is 10.1. The molecule has 0 atom stereocenters. The molecule has 0 radical (unpaired) electrons. The van der Waals surface area contributed by atoms with E-state index in [1.54, 1.807) is 18.2 Å². The number of hydrogen-bond donors (Lipinski definition) is 1. The summed E-state index contributed by atoms with van der Waals surface area (Å²) in [5, 5.41) is 3.86. The Morgan fingerprint density at radius 2 is 1.56 bits per heavy atom. The highest BCUT2D eigenvalue weighted by Gasteiger charge is 2.08. The fourth-order valence-corrected chi connectivity index (χ4v) is 1.96. The molecule has 92 valence electrons. The average Bonchev–Trinajstić information content (AvgIpc) is 2.35. The average molecular weight is 280 g/mol. The summed E-state index contributed by atoms with van der Waals surface area (Å²) >= 11 is 12.0. The van der Waals surface area contributed by atoms with E-state index < -0.39 is 0 Å². The van der Waals surface area contributed by atoms with Crippen LogP contribution < -0.4 is 5.32 Å². The lowest BCUT2D eigenvalue weighted by molar-refractivity contribution is -0.115. The van der Waals surface area contributed by atoms with Gasteiger partial charge in [-0.15, -0.1) is 0 Å². The molecule has 2 aromatic carbocycles. The Hall–Kier alpha value is -1.51. The highest BCUT2D eigenvalue weighted by Crippen LogP contribution is 2.21. The first-order valence-electron chi connectivity index (χ1n) is 5.44. The van der Waals surface area contributed by atoms with Crippen LogP contribution in [0.4, 0.5) is 5.69 Å². The summed E-state index contributed by atoms with van der Waals surface area (Å²) in [6.07, 6.45) is 0.227. The van der Waals surface area contributed by atoms with Crippen molar-refractivity contribution >= 4 is 34.8 Å². The second-order valence-electron chi connectivity index (χ2n) is 3.80. The smallest absolute Gasteiger partial charge is 0.228 e. The molecule has 0 saturated heterocycles. The zero-order valence-corrected chi connectivity index (χ0v) is 11.0. The molecule has 0 bridgehead atoms. The van der Waals surface area contributed by atoms with Crippen molar-refractivity contribution in [1.82, 2.24) is 0 Å². The number of para-hydroxylation sites is 1. The van der Waals surface area contributed by atoms with Gasteiger partial charge in [0, 0.05) is 5.02 Å². The van der Waals surface area contributed by atoms with Gasteiger partial charge in [-0.05, 0) is 23.8 Å². The first-order chi connectivity index (χ1) is 8.66. The Morgan fingerprint density at radius 3 is 2.22 bits per heavy atom. The normalized spacial score (nSPS) is 10.1. The minimum Gasteiger partial charge on any atom is -0.324 e. The van der Waals surface area contributed by atoms with Gasteiger partial charge in [0.15, 0.2) is 0 Å². The lowest BCUT2D eigenvalue weighted by Crippen LogP contribution is -2.14. The van der Waals surface area contributed by atoms with Crippen molar-refractivity contribution in [1.29, 1.82) is 0 Å². The molecule has 18 heavy (non-hydrogen) atoms. The summed E-state index contributed by atoms with van der Waals surface area (Å²) in [5.41, 5.74) is 1.40. The largest absolute Gasteiger partial charge is 0.324 e. The molecule has 0 saturated carbocycles. The van der Waals surface area contributed by atoms with E-state index in [9.17, 15) is 4.79 Å². The molecule has 4 heteroatoms. The third-order valence-corrected chi connectivity index (χ3v) is 3.16. The van der Waals surface area contributed by atoms with Crippen molar-refractivity contribution < 1.29 is 4.79 Å². The maximum absolute atomic E-state index is 11.9. The molecule has 1 amide bonds. The third-order valence-electron chi connectivity index (χ3n) is 2.46. The Balaban J connectivity index is 2.06. The van der Waals surface area contributed by atoms with Crippen LogP contribution in [0.25, 0.3) is 0 Å². The summed E-state index contributed by atoms with van der Waals surface area (Å²) in [5.74, 6) is -0.142. The van der Waals surface area contributed by atoms with Crippen LogP contribution in [0.1, 0.15) is 5.56 Å². The van der Waals surface area contributed by atoms with Gasteiger partial charge < -0.3 is 5.32 Å². The molecule has 0 unspecified atom stereocenters. The minimum atomic E-state index is -0.142. The SMILES string of the molecule is O=C(Cc1ccccc1Cl)Nc1ccccc1Cl. The van der Waals surface area contributed by atoms with E-state index in [0.29, 0.717) is 15.7 Å². The van der Waals surface area contributed by atoms with E-state index in [1.165, 1.54) is 0 Å². The quantitative estimate of drug-likeness (QED) is 0.898. The van der Waals surface area contributed by atoms with E-state index in [4.69, 9.17) is 23.2 Å². The molecule has 2 nitrogen and oxygen atoms in total. The van der Waals surface area contributed by atoms with E-state index in [0.717, 1.165) is 5.56 Å². The molecule has 0 aliphatic rings. The Bertz CT molecular complexity index is 520. The van der Waals surface area contributed by atoms with Crippen LogP contribution >= 0.6 is 23.2 Å². The summed E-state index contributed by atoms with van der Waals surface area (Å²) in [7, 11) is 0. The summed E-state index contributed by atoms with van der Waals surface area (Å²) < 4.78 is 0. The van der Waals surface area contributed by atoms with Gasteiger partial charge in [0.1, 0.15) is 0 Å². The van der Waals surface area contributed by atoms with Gasteiger partial charge >= 0.3 is 0 Å². The van der Waals surface area contributed by atoms with E-state index in [-0.39, 0.29) is 12.3 Å². The predicted octanol–water partition coefficient (Wildman–Crippen LogP) is 4.17. The van der Waals surface area contributed by atoms with Crippen molar-refractivity contribution in [3.05, 3.63) is 64.1 Å². The number of benzene rings is 2. The van der Waals surface area contributed by atoms with Crippen LogP contribution in [-0.4, -0.2) is 5.91 Å². The minimum absolute atomic E-state index is 0.142. The van der Waals surface area contributed by atoms with Crippen molar-refractivity contribution in [2.75, 3.05) is 5.32 Å². The van der Waals surface area contributed by atoms with Crippen LogP contribution in [0.5, 0.6) is 0 Å². The Labute approximate surface area is 116 Å². The standard InChI is InChI=1S/C14H11Cl2NO/c15-11-6-2-1-5-10(11)9-14(18)17-13-8-4-3-7-12(13)16/h1-8H,9H2,(H,17,18). The number of carbonyl (C=O) groups is 1. The highest BCUT2D eigenvalue weighted by molar-refractivity contribution is 6.33. The molecular weight excluding hydrogens is 269 g/mol. The maximum Gasteiger partial charge on any atom is 0.228 e. The zero-order chi connectivity index (χ0) is 13.0. The summed E-state index contributed by atoms with van der Waals surface area (Å²) in [4.78, 5) is 11.9. The van der Waals surface area contributed by atoms with Crippen LogP contribution in [0.2, 0.25) is 10.0 Å². The topological polar surface area (TPSA) is 29.1 Å². The molecule has 0 spiro atoms. The van der Waals surface area contributed by atoms with Gasteiger partial charge in [0.2, 0.25) is 5.91 Å². The van der Waals surface area contributed by atoms with Crippen molar-refractivity contribution in [3.63, 3.8) is 0 Å². The van der Waals surface area contributed by atoms with Crippen LogP contribution in [0.3, 0.4) is 0 Å². The molecular formula is C14H11Cl2NO. The van der Waals surface area contributed by atoms with Crippen molar-refractivity contribution in [2.24, 2.45) is 0 Å². The first-order valence-corrected chi connectivity index (χ1v) is 6.20. The number of hydrogen-bond acceptors (Lipinski definition) is 1. The number of rotatable bonds is 3. The van der Waals surface area contributed by atoms with Crippen molar-refractivity contribution in [3.8, 4) is 0 Å². The van der Waals surface area contributed by atoms with E-state index in [2.05, 4.69) is 5.32 Å².